The molecular formula is C13H10N4O3S2. The van der Waals surface area contributed by atoms with Crippen LogP contribution in [-0.2, 0) is 0 Å². The average Bonchev–Trinajstić information content (AvgIpc) is 3.26. The fourth-order valence-corrected chi connectivity index (χ4v) is 3.64. The highest BCUT2D eigenvalue weighted by molar-refractivity contribution is 7.11. The molecule has 0 saturated heterocycles. The molecule has 0 aliphatic carbocycles. The minimum Gasteiger partial charge on any atom is -0.338 e. The summed E-state index contributed by atoms with van der Waals surface area (Å²) in [4.78, 5) is 24.5. The van der Waals surface area contributed by atoms with Gasteiger partial charge in [-0.1, -0.05) is 12.1 Å². The first-order chi connectivity index (χ1) is 10.7. The highest BCUT2D eigenvalue weighted by atomic mass is 32.1. The van der Waals surface area contributed by atoms with E-state index in [0.717, 1.165) is 16.0 Å². The molecule has 22 heavy (non-hydrogen) atoms. The van der Waals surface area contributed by atoms with Crippen LogP contribution in [0.4, 0.5) is 5.69 Å². The van der Waals surface area contributed by atoms with E-state index in [1.807, 2.05) is 35.0 Å². The molecule has 7 nitrogen and oxygen atoms in total. The van der Waals surface area contributed by atoms with Gasteiger partial charge in [0.2, 0.25) is 5.69 Å². The third kappa shape index (κ3) is 2.76. The fraction of sp³-hybridized carbons (Fsp3) is 0.0769. The SMILES string of the molecule is O=C(NC(c1cccs1)c1cccs1)c1[nH]ncc1[N+](=O)[O-]. The predicted octanol–water partition coefficient (Wildman–Crippen LogP) is 2.96. The van der Waals surface area contributed by atoms with E-state index in [1.54, 1.807) is 0 Å². The lowest BCUT2D eigenvalue weighted by Gasteiger charge is -2.15. The van der Waals surface area contributed by atoms with Crippen LogP contribution in [0.5, 0.6) is 0 Å². The Kier molecular flexibility index (Phi) is 3.98. The molecule has 0 atom stereocenters. The van der Waals surface area contributed by atoms with Gasteiger partial charge in [-0.25, -0.2) is 0 Å². The number of aromatic amines is 1. The van der Waals surface area contributed by atoms with Gasteiger partial charge in [-0.15, -0.1) is 22.7 Å². The normalized spacial score (nSPS) is 10.8. The van der Waals surface area contributed by atoms with Crippen LogP contribution in [0.15, 0.2) is 41.2 Å². The van der Waals surface area contributed by atoms with Crippen molar-refractivity contribution in [2.75, 3.05) is 0 Å². The van der Waals surface area contributed by atoms with E-state index in [4.69, 9.17) is 0 Å². The third-order valence-corrected chi connectivity index (χ3v) is 4.85. The first kappa shape index (κ1) is 14.4. The van der Waals surface area contributed by atoms with Crippen molar-refractivity contribution in [3.05, 3.63) is 66.8 Å². The Morgan fingerprint density at radius 1 is 1.27 bits per heavy atom. The second kappa shape index (κ2) is 6.08. The number of nitro groups is 1. The van der Waals surface area contributed by atoms with E-state index in [1.165, 1.54) is 22.7 Å². The molecule has 0 bridgehead atoms. The minimum absolute atomic E-state index is 0.150. The molecule has 112 valence electrons. The van der Waals surface area contributed by atoms with Gasteiger partial charge in [0.25, 0.3) is 5.91 Å². The first-order valence-electron chi connectivity index (χ1n) is 6.22. The van der Waals surface area contributed by atoms with Crippen LogP contribution in [0.2, 0.25) is 0 Å². The number of amides is 1. The quantitative estimate of drug-likeness (QED) is 0.553. The summed E-state index contributed by atoms with van der Waals surface area (Å²) in [7, 11) is 0. The zero-order chi connectivity index (χ0) is 15.5. The number of hydrogen-bond donors (Lipinski definition) is 2. The van der Waals surface area contributed by atoms with E-state index in [2.05, 4.69) is 15.5 Å². The topological polar surface area (TPSA) is 101 Å². The van der Waals surface area contributed by atoms with Gasteiger partial charge in [0, 0.05) is 9.75 Å². The number of carbonyl (C=O) groups is 1. The average molecular weight is 334 g/mol. The van der Waals surface area contributed by atoms with Crippen molar-refractivity contribution in [3.8, 4) is 0 Å². The molecule has 3 rings (SSSR count). The van der Waals surface area contributed by atoms with Crippen LogP contribution in [0.3, 0.4) is 0 Å². The lowest BCUT2D eigenvalue weighted by atomic mass is 10.2. The Bertz CT molecular complexity index is 746. The molecule has 0 aliphatic heterocycles. The van der Waals surface area contributed by atoms with Crippen LogP contribution in [-0.4, -0.2) is 21.0 Å². The van der Waals surface area contributed by atoms with Crippen molar-refractivity contribution in [2.45, 2.75) is 6.04 Å². The van der Waals surface area contributed by atoms with Crippen molar-refractivity contribution >= 4 is 34.3 Å². The Morgan fingerprint density at radius 2 is 1.91 bits per heavy atom. The summed E-state index contributed by atoms with van der Waals surface area (Å²) in [6, 6.07) is 7.28. The lowest BCUT2D eigenvalue weighted by Crippen LogP contribution is -2.29. The van der Waals surface area contributed by atoms with Gasteiger partial charge < -0.3 is 5.32 Å². The van der Waals surface area contributed by atoms with Crippen molar-refractivity contribution in [3.63, 3.8) is 0 Å². The number of rotatable bonds is 5. The summed E-state index contributed by atoms with van der Waals surface area (Å²) < 4.78 is 0. The van der Waals surface area contributed by atoms with E-state index in [9.17, 15) is 14.9 Å². The van der Waals surface area contributed by atoms with Crippen molar-refractivity contribution in [2.24, 2.45) is 0 Å². The van der Waals surface area contributed by atoms with Crippen LogP contribution in [0.1, 0.15) is 26.3 Å². The summed E-state index contributed by atoms with van der Waals surface area (Å²) in [5.74, 6) is -0.559. The highest BCUT2D eigenvalue weighted by Gasteiger charge is 2.26. The second-order valence-electron chi connectivity index (χ2n) is 4.32. The van der Waals surface area contributed by atoms with Crippen LogP contribution >= 0.6 is 22.7 Å². The number of nitrogens with one attached hydrogen (secondary N) is 2. The standard InChI is InChI=1S/C13H10N4O3S2/c18-13(11-8(17(19)20)7-14-16-11)15-12(9-3-1-5-21-9)10-4-2-6-22-10/h1-7,12H,(H,14,16)(H,15,18). The second-order valence-corrected chi connectivity index (χ2v) is 6.28. The fourth-order valence-electron chi connectivity index (χ4n) is 1.98. The molecule has 2 N–H and O–H groups in total. The largest absolute Gasteiger partial charge is 0.338 e. The van der Waals surface area contributed by atoms with Gasteiger partial charge in [0.1, 0.15) is 6.20 Å². The summed E-state index contributed by atoms with van der Waals surface area (Å²) in [5.41, 5.74) is -0.489. The molecule has 0 unspecified atom stereocenters. The molecule has 0 saturated carbocycles. The summed E-state index contributed by atoms with van der Waals surface area (Å²) >= 11 is 3.02. The van der Waals surface area contributed by atoms with Gasteiger partial charge in [0.15, 0.2) is 0 Å². The van der Waals surface area contributed by atoms with E-state index < -0.39 is 10.8 Å². The van der Waals surface area contributed by atoms with Gasteiger partial charge in [0.05, 0.1) is 11.0 Å². The Balaban J connectivity index is 1.89. The molecule has 0 aromatic carbocycles. The van der Waals surface area contributed by atoms with Crippen LogP contribution < -0.4 is 5.32 Å². The van der Waals surface area contributed by atoms with Crippen LogP contribution in [0.25, 0.3) is 0 Å². The Hall–Kier alpha value is -2.52. The Labute approximate surface area is 132 Å². The number of nitrogens with zero attached hydrogens (tertiary/aromatic N) is 2. The zero-order valence-corrected chi connectivity index (χ0v) is 12.7. The Morgan fingerprint density at radius 3 is 2.41 bits per heavy atom. The number of hydrogen-bond acceptors (Lipinski definition) is 6. The highest BCUT2D eigenvalue weighted by Crippen LogP contribution is 2.29. The maximum atomic E-state index is 12.4. The molecule has 0 spiro atoms. The number of aromatic nitrogens is 2. The van der Waals surface area contributed by atoms with Gasteiger partial charge in [-0.2, -0.15) is 5.10 Å². The molecule has 0 aliphatic rings. The molecular weight excluding hydrogens is 324 g/mol. The molecule has 3 heterocycles. The molecule has 0 radical (unpaired) electrons. The lowest BCUT2D eigenvalue weighted by molar-refractivity contribution is -0.385. The van der Waals surface area contributed by atoms with Crippen LogP contribution in [0, 0.1) is 10.1 Å². The molecule has 3 aromatic rings. The van der Waals surface area contributed by atoms with Gasteiger partial charge in [-0.3, -0.25) is 20.0 Å². The molecule has 1 amide bonds. The monoisotopic (exact) mass is 334 g/mol. The van der Waals surface area contributed by atoms with Gasteiger partial charge in [-0.05, 0) is 22.9 Å². The van der Waals surface area contributed by atoms with E-state index in [-0.39, 0.29) is 17.4 Å². The maximum Gasteiger partial charge on any atom is 0.319 e. The summed E-state index contributed by atoms with van der Waals surface area (Å²) in [5, 5.41) is 23.5. The maximum absolute atomic E-state index is 12.4. The number of carbonyl (C=O) groups excluding carboxylic acids is 1. The smallest absolute Gasteiger partial charge is 0.319 e. The molecule has 0 fully saturated rings. The van der Waals surface area contributed by atoms with Gasteiger partial charge >= 0.3 is 5.69 Å². The summed E-state index contributed by atoms with van der Waals surface area (Å²) in [6.45, 7) is 0. The van der Waals surface area contributed by atoms with Crippen molar-refractivity contribution in [1.82, 2.24) is 15.5 Å². The molecule has 3 aromatic heterocycles. The minimum atomic E-state index is -0.635. The third-order valence-electron chi connectivity index (χ3n) is 2.97. The van der Waals surface area contributed by atoms with Crippen molar-refractivity contribution < 1.29 is 9.72 Å². The first-order valence-corrected chi connectivity index (χ1v) is 7.98. The number of H-pyrrole nitrogens is 1. The predicted molar refractivity (Wildman–Crippen MR) is 83.2 cm³/mol. The summed E-state index contributed by atoms with van der Waals surface area (Å²) in [6.07, 6.45) is 1.03. The van der Waals surface area contributed by atoms with E-state index >= 15 is 0 Å². The van der Waals surface area contributed by atoms with Crippen molar-refractivity contribution in [1.29, 1.82) is 0 Å². The molecule has 9 heteroatoms. The zero-order valence-electron chi connectivity index (χ0n) is 11.1. The van der Waals surface area contributed by atoms with E-state index in [0.29, 0.717) is 0 Å². The number of thiophene rings is 2.